The van der Waals surface area contributed by atoms with Gasteiger partial charge in [-0.2, -0.15) is 5.10 Å². The molecule has 3 rings (SSSR count). The van der Waals surface area contributed by atoms with Crippen molar-refractivity contribution in [2.24, 2.45) is 0 Å². The summed E-state index contributed by atoms with van der Waals surface area (Å²) < 4.78 is 6.26. The molecule has 2 heterocycles. The van der Waals surface area contributed by atoms with Crippen LogP contribution in [0, 0.1) is 6.92 Å². The van der Waals surface area contributed by atoms with E-state index in [-0.39, 0.29) is 0 Å². The molecule has 3 aromatic rings. The van der Waals surface area contributed by atoms with Crippen molar-refractivity contribution in [3.05, 3.63) is 53.9 Å². The Morgan fingerprint density at radius 3 is 2.80 bits per heavy atom. The molecule has 0 bridgehead atoms. The monoisotopic (exact) mass is 267 g/mol. The Hall–Kier alpha value is -2.69. The topological polar surface area (TPSA) is 56.5 Å². The number of ether oxygens (including phenoxy) is 1. The normalized spacial score (nSPS) is 10.7. The molecule has 0 fully saturated rings. The van der Waals surface area contributed by atoms with Crippen molar-refractivity contribution < 1.29 is 9.53 Å². The number of esters is 1. The number of carbonyl (C=O) groups excluding carboxylic acids is 1. The third-order valence-corrected chi connectivity index (χ3v) is 3.17. The van der Waals surface area contributed by atoms with Crippen molar-refractivity contribution in [3.63, 3.8) is 0 Å². The van der Waals surface area contributed by atoms with E-state index in [0.29, 0.717) is 11.3 Å². The summed E-state index contributed by atoms with van der Waals surface area (Å²) in [5.41, 5.74) is 3.90. The lowest BCUT2D eigenvalue weighted by Crippen LogP contribution is -2.09. The molecular formula is C15H13N3O2. The fourth-order valence-electron chi connectivity index (χ4n) is 2.15. The molecule has 0 aliphatic heterocycles. The molecule has 0 aliphatic rings. The highest BCUT2D eigenvalue weighted by Gasteiger charge is 2.14. The molecule has 0 spiro atoms. The van der Waals surface area contributed by atoms with E-state index in [2.05, 4.69) is 10.1 Å². The van der Waals surface area contributed by atoms with E-state index in [1.54, 1.807) is 12.3 Å². The largest absolute Gasteiger partial charge is 0.464 e. The van der Waals surface area contributed by atoms with E-state index in [0.717, 1.165) is 16.8 Å². The number of fused-ring (bicyclic) bond motifs is 1. The summed E-state index contributed by atoms with van der Waals surface area (Å²) >= 11 is 0. The molecule has 1 aromatic carbocycles. The predicted molar refractivity (Wildman–Crippen MR) is 74.5 cm³/mol. The van der Waals surface area contributed by atoms with Gasteiger partial charge in [0.2, 0.25) is 0 Å². The van der Waals surface area contributed by atoms with Crippen LogP contribution in [0.4, 0.5) is 0 Å². The van der Waals surface area contributed by atoms with E-state index >= 15 is 0 Å². The number of aromatic nitrogens is 3. The lowest BCUT2D eigenvalue weighted by Gasteiger charge is -2.02. The van der Waals surface area contributed by atoms with Crippen LogP contribution in [0.25, 0.3) is 16.9 Å². The molecular weight excluding hydrogens is 254 g/mol. The third-order valence-electron chi connectivity index (χ3n) is 3.17. The summed E-state index contributed by atoms with van der Waals surface area (Å²) in [5, 5.41) is 4.47. The molecule has 2 aromatic heterocycles. The highest BCUT2D eigenvalue weighted by atomic mass is 16.5. The summed E-state index contributed by atoms with van der Waals surface area (Å²) in [6, 6.07) is 11.4. The Morgan fingerprint density at radius 1 is 1.25 bits per heavy atom. The second kappa shape index (κ2) is 4.77. The van der Waals surface area contributed by atoms with Crippen molar-refractivity contribution in [3.8, 4) is 11.3 Å². The minimum atomic E-state index is -0.433. The number of benzene rings is 1. The van der Waals surface area contributed by atoms with Gasteiger partial charge in [-0.15, -0.1) is 0 Å². The van der Waals surface area contributed by atoms with Crippen molar-refractivity contribution >= 4 is 11.6 Å². The van der Waals surface area contributed by atoms with Crippen LogP contribution in [0.5, 0.6) is 0 Å². The number of nitrogens with zero attached hydrogens (tertiary/aromatic N) is 3. The maximum Gasteiger partial charge on any atom is 0.356 e. The zero-order valence-corrected chi connectivity index (χ0v) is 11.2. The zero-order valence-electron chi connectivity index (χ0n) is 11.2. The lowest BCUT2D eigenvalue weighted by molar-refractivity contribution is 0.0590. The van der Waals surface area contributed by atoms with Gasteiger partial charge in [-0.1, -0.05) is 24.3 Å². The fourth-order valence-corrected chi connectivity index (χ4v) is 2.15. The Morgan fingerprint density at radius 2 is 2.05 bits per heavy atom. The summed E-state index contributed by atoms with van der Waals surface area (Å²) in [4.78, 5) is 16.0. The zero-order chi connectivity index (χ0) is 14.1. The van der Waals surface area contributed by atoms with Gasteiger partial charge >= 0.3 is 5.97 Å². The summed E-state index contributed by atoms with van der Waals surface area (Å²) in [6.07, 6.45) is 1.57. The van der Waals surface area contributed by atoms with Crippen LogP contribution in [0.3, 0.4) is 0 Å². The first-order valence-corrected chi connectivity index (χ1v) is 6.20. The molecule has 0 unspecified atom stereocenters. The lowest BCUT2D eigenvalue weighted by atomic mass is 10.1. The second-order valence-corrected chi connectivity index (χ2v) is 4.44. The molecule has 20 heavy (non-hydrogen) atoms. The quantitative estimate of drug-likeness (QED) is 0.669. The first-order chi connectivity index (χ1) is 9.70. The minimum absolute atomic E-state index is 0.359. The first-order valence-electron chi connectivity index (χ1n) is 6.20. The van der Waals surface area contributed by atoms with Gasteiger partial charge in [-0.25, -0.2) is 14.3 Å². The number of aryl methyl sites for hydroxylation is 1. The predicted octanol–water partition coefficient (Wildman–Crippen LogP) is 2.49. The molecule has 0 atom stereocenters. The number of rotatable bonds is 2. The number of methoxy groups -OCH3 is 1. The summed E-state index contributed by atoms with van der Waals surface area (Å²) in [7, 11) is 1.35. The van der Waals surface area contributed by atoms with Gasteiger partial charge in [0.1, 0.15) is 0 Å². The van der Waals surface area contributed by atoms with Crippen molar-refractivity contribution in [1.29, 1.82) is 0 Å². The van der Waals surface area contributed by atoms with Crippen LogP contribution in [0.1, 0.15) is 16.1 Å². The molecule has 0 aliphatic carbocycles. The minimum Gasteiger partial charge on any atom is -0.464 e. The van der Waals surface area contributed by atoms with Gasteiger partial charge in [0, 0.05) is 17.8 Å². The van der Waals surface area contributed by atoms with E-state index in [1.807, 2.05) is 37.3 Å². The van der Waals surface area contributed by atoms with E-state index in [1.165, 1.54) is 11.6 Å². The summed E-state index contributed by atoms with van der Waals surface area (Å²) in [5.74, 6) is -0.433. The molecule has 100 valence electrons. The van der Waals surface area contributed by atoms with Gasteiger partial charge in [0.05, 0.1) is 12.8 Å². The fraction of sp³-hybridized carbons (Fsp3) is 0.133. The number of hydrogen-bond acceptors (Lipinski definition) is 4. The third kappa shape index (κ3) is 1.93. The van der Waals surface area contributed by atoms with Gasteiger partial charge in [0.15, 0.2) is 11.3 Å². The van der Waals surface area contributed by atoms with E-state index < -0.39 is 5.97 Å². The van der Waals surface area contributed by atoms with E-state index in [9.17, 15) is 4.79 Å². The van der Waals surface area contributed by atoms with Crippen LogP contribution in [0.2, 0.25) is 0 Å². The average molecular weight is 267 g/mol. The van der Waals surface area contributed by atoms with Crippen molar-refractivity contribution in [2.75, 3.05) is 7.11 Å². The highest BCUT2D eigenvalue weighted by Crippen LogP contribution is 2.23. The SMILES string of the molecule is COC(=O)c1ccnc2cc(-c3ccccc3C)nn12. The average Bonchev–Trinajstić information content (AvgIpc) is 2.90. The van der Waals surface area contributed by atoms with Gasteiger partial charge in [-0.3, -0.25) is 0 Å². The standard InChI is InChI=1S/C15H13N3O2/c1-10-5-3-4-6-11(10)12-9-14-16-8-7-13(15(19)20-2)18(14)17-12/h3-9H,1-2H3. The maximum atomic E-state index is 11.7. The first kappa shape index (κ1) is 12.3. The van der Waals surface area contributed by atoms with Crippen LogP contribution < -0.4 is 0 Å². The molecule has 0 amide bonds. The maximum absolute atomic E-state index is 11.7. The molecule has 0 N–H and O–H groups in total. The Bertz CT molecular complexity index is 793. The van der Waals surface area contributed by atoms with Crippen LogP contribution >= 0.6 is 0 Å². The molecule has 0 radical (unpaired) electrons. The van der Waals surface area contributed by atoms with Crippen LogP contribution in [-0.2, 0) is 4.74 Å². The van der Waals surface area contributed by atoms with Crippen molar-refractivity contribution in [1.82, 2.24) is 14.6 Å². The Kier molecular flexibility index (Phi) is 2.95. The Labute approximate surface area is 115 Å². The molecule has 0 saturated heterocycles. The number of hydrogen-bond donors (Lipinski definition) is 0. The number of carbonyl (C=O) groups is 1. The van der Waals surface area contributed by atoms with Crippen LogP contribution in [-0.4, -0.2) is 27.7 Å². The molecule has 5 heteroatoms. The second-order valence-electron chi connectivity index (χ2n) is 4.44. The molecule has 0 saturated carbocycles. The smallest absolute Gasteiger partial charge is 0.356 e. The van der Waals surface area contributed by atoms with Gasteiger partial charge in [-0.05, 0) is 18.6 Å². The molecule has 5 nitrogen and oxygen atoms in total. The Balaban J connectivity index is 2.21. The summed E-state index contributed by atoms with van der Waals surface area (Å²) in [6.45, 7) is 2.02. The van der Waals surface area contributed by atoms with E-state index in [4.69, 9.17) is 4.74 Å². The highest BCUT2D eigenvalue weighted by molar-refractivity contribution is 5.88. The van der Waals surface area contributed by atoms with Gasteiger partial charge in [0.25, 0.3) is 0 Å². The van der Waals surface area contributed by atoms with Crippen LogP contribution in [0.15, 0.2) is 42.6 Å². The van der Waals surface area contributed by atoms with Crippen molar-refractivity contribution in [2.45, 2.75) is 6.92 Å². The van der Waals surface area contributed by atoms with Gasteiger partial charge < -0.3 is 4.74 Å².